The number of rotatable bonds is 3. The van der Waals surface area contributed by atoms with Gasteiger partial charge in [0.05, 0.1) is 5.54 Å². The summed E-state index contributed by atoms with van der Waals surface area (Å²) in [6, 6.07) is 9.01. The number of carbonyl (C=O) groups excluding carboxylic acids is 2. The Morgan fingerprint density at radius 2 is 1.92 bits per heavy atom. The topological polar surface area (TPSA) is 58.6 Å². The van der Waals surface area contributed by atoms with Crippen molar-refractivity contribution in [1.82, 2.24) is 10.2 Å². The molecule has 0 radical (unpaired) electrons. The highest BCUT2D eigenvalue weighted by Crippen LogP contribution is 2.58. The van der Waals surface area contributed by atoms with Crippen LogP contribution in [0.25, 0.3) is 0 Å². The lowest BCUT2D eigenvalue weighted by Gasteiger charge is -2.43. The van der Waals surface area contributed by atoms with Gasteiger partial charge in [-0.05, 0) is 48.1 Å². The van der Waals surface area contributed by atoms with Gasteiger partial charge in [0.1, 0.15) is 6.61 Å². The van der Waals surface area contributed by atoms with E-state index in [1.54, 1.807) is 0 Å². The molecule has 5 heteroatoms. The molecule has 1 N–H and O–H groups in total. The maximum Gasteiger partial charge on any atom is 0.407 e. The van der Waals surface area contributed by atoms with E-state index in [0.29, 0.717) is 24.4 Å². The average molecular weight is 340 g/mol. The number of cyclic esters (lactones) is 1. The van der Waals surface area contributed by atoms with Crippen molar-refractivity contribution in [2.75, 3.05) is 19.7 Å². The third kappa shape index (κ3) is 2.35. The summed E-state index contributed by atoms with van der Waals surface area (Å²) in [6.45, 7) is 4.39. The molecule has 1 aromatic carbocycles. The number of nitrogens with zero attached hydrogens (tertiary/aromatic N) is 1. The number of likely N-dealkylation sites (tertiary alicyclic amines) is 1. The summed E-state index contributed by atoms with van der Waals surface area (Å²) in [5.74, 6) is 2.26. The van der Waals surface area contributed by atoms with E-state index in [1.165, 1.54) is 11.1 Å². The first-order chi connectivity index (χ1) is 12.1. The van der Waals surface area contributed by atoms with Crippen LogP contribution in [0.15, 0.2) is 24.3 Å². The second-order valence-electron chi connectivity index (χ2n) is 8.28. The zero-order valence-corrected chi connectivity index (χ0v) is 14.5. The van der Waals surface area contributed by atoms with Crippen molar-refractivity contribution >= 4 is 12.0 Å². The Morgan fingerprint density at radius 3 is 2.48 bits per heavy atom. The van der Waals surface area contributed by atoms with Gasteiger partial charge in [0.25, 0.3) is 0 Å². The molecule has 2 aliphatic heterocycles. The monoisotopic (exact) mass is 340 g/mol. The molecule has 2 heterocycles. The van der Waals surface area contributed by atoms with Gasteiger partial charge in [-0.1, -0.05) is 31.2 Å². The normalized spacial score (nSPS) is 38.1. The molecule has 2 amide bonds. The highest BCUT2D eigenvalue weighted by molar-refractivity contribution is 5.82. The number of ether oxygens (including phenoxy) is 1. The van der Waals surface area contributed by atoms with E-state index in [9.17, 15) is 9.59 Å². The van der Waals surface area contributed by atoms with E-state index < -0.39 is 0 Å². The SMILES string of the molecule is CCc1ccc([C@H]2[C@@H]3CN(C(=O)C4CC5(COC(=O)N5)C4)C[C@@H]32)cc1. The predicted molar refractivity (Wildman–Crippen MR) is 92.1 cm³/mol. The Kier molecular flexibility index (Phi) is 3.19. The standard InChI is InChI=1S/C20H24N2O3/c1-2-12-3-5-13(6-4-12)17-15-9-22(10-16(15)17)18(23)14-7-20(8-14)11-25-19(24)21-20/h3-6,14-17H,2,7-11H2,1H3,(H,21,24)/t14?,15-,16+,17+,20?. The maximum atomic E-state index is 12.7. The fraction of sp³-hybridized carbons (Fsp3) is 0.600. The number of nitrogens with one attached hydrogen (secondary N) is 1. The van der Waals surface area contributed by atoms with E-state index in [0.717, 1.165) is 32.4 Å². The van der Waals surface area contributed by atoms with Crippen LogP contribution in [0.3, 0.4) is 0 Å². The number of hydrogen-bond donors (Lipinski definition) is 1. The quantitative estimate of drug-likeness (QED) is 0.919. The van der Waals surface area contributed by atoms with Crippen molar-refractivity contribution in [2.45, 2.75) is 37.6 Å². The zero-order chi connectivity index (χ0) is 17.2. The van der Waals surface area contributed by atoms with Crippen molar-refractivity contribution < 1.29 is 14.3 Å². The summed E-state index contributed by atoms with van der Waals surface area (Å²) in [7, 11) is 0. The highest BCUT2D eigenvalue weighted by Gasteiger charge is 2.59. The maximum absolute atomic E-state index is 12.7. The summed E-state index contributed by atoms with van der Waals surface area (Å²) in [4.78, 5) is 26.0. The van der Waals surface area contributed by atoms with Crippen molar-refractivity contribution in [3.8, 4) is 0 Å². The number of benzene rings is 1. The van der Waals surface area contributed by atoms with Gasteiger partial charge >= 0.3 is 6.09 Å². The van der Waals surface area contributed by atoms with Gasteiger partial charge in [0.15, 0.2) is 0 Å². The molecular weight excluding hydrogens is 316 g/mol. The van der Waals surface area contributed by atoms with Crippen LogP contribution >= 0.6 is 0 Å². The first-order valence-corrected chi connectivity index (χ1v) is 9.41. The Hall–Kier alpha value is -2.04. The van der Waals surface area contributed by atoms with Crippen LogP contribution in [-0.4, -0.2) is 42.1 Å². The van der Waals surface area contributed by atoms with Gasteiger partial charge in [-0.2, -0.15) is 0 Å². The summed E-state index contributed by atoms with van der Waals surface area (Å²) in [5, 5.41) is 2.87. The van der Waals surface area contributed by atoms with Gasteiger partial charge in [-0.15, -0.1) is 0 Å². The number of carbonyl (C=O) groups is 2. The van der Waals surface area contributed by atoms with E-state index in [1.807, 2.05) is 0 Å². The number of hydrogen-bond acceptors (Lipinski definition) is 3. The van der Waals surface area contributed by atoms with Crippen LogP contribution in [0.4, 0.5) is 4.79 Å². The summed E-state index contributed by atoms with van der Waals surface area (Å²) in [5.41, 5.74) is 2.56. The molecule has 5 rings (SSSR count). The van der Waals surface area contributed by atoms with Crippen LogP contribution in [0.5, 0.6) is 0 Å². The second-order valence-corrected chi connectivity index (χ2v) is 8.28. The number of amides is 2. The van der Waals surface area contributed by atoms with Gasteiger partial charge in [-0.3, -0.25) is 4.79 Å². The molecule has 0 aromatic heterocycles. The van der Waals surface area contributed by atoms with Crippen LogP contribution in [0, 0.1) is 17.8 Å². The smallest absolute Gasteiger partial charge is 0.407 e. The van der Waals surface area contributed by atoms with E-state index in [4.69, 9.17) is 4.74 Å². The number of piperidine rings is 1. The molecule has 1 spiro atoms. The fourth-order valence-electron chi connectivity index (χ4n) is 5.20. The molecule has 2 aliphatic carbocycles. The second kappa shape index (κ2) is 5.23. The van der Waals surface area contributed by atoms with Crippen molar-refractivity contribution in [1.29, 1.82) is 0 Å². The van der Waals surface area contributed by atoms with Gasteiger partial charge < -0.3 is 15.0 Å². The molecule has 25 heavy (non-hydrogen) atoms. The predicted octanol–water partition coefficient (Wildman–Crippen LogP) is 2.31. The lowest BCUT2D eigenvalue weighted by Crippen LogP contribution is -2.58. The Morgan fingerprint density at radius 1 is 1.24 bits per heavy atom. The largest absolute Gasteiger partial charge is 0.447 e. The van der Waals surface area contributed by atoms with Crippen LogP contribution < -0.4 is 5.32 Å². The molecule has 5 nitrogen and oxygen atoms in total. The number of aryl methyl sites for hydroxylation is 1. The van der Waals surface area contributed by atoms with Crippen LogP contribution in [-0.2, 0) is 16.0 Å². The highest BCUT2D eigenvalue weighted by atomic mass is 16.6. The molecule has 0 bridgehead atoms. The van der Waals surface area contributed by atoms with E-state index in [-0.39, 0.29) is 23.5 Å². The molecule has 132 valence electrons. The lowest BCUT2D eigenvalue weighted by atomic mass is 9.68. The van der Waals surface area contributed by atoms with Gasteiger partial charge in [0.2, 0.25) is 5.91 Å². The number of alkyl carbamates (subject to hydrolysis) is 1. The average Bonchev–Trinajstić information content (AvgIpc) is 2.94. The van der Waals surface area contributed by atoms with Crippen molar-refractivity contribution in [3.63, 3.8) is 0 Å². The Balaban J connectivity index is 1.16. The Bertz CT molecular complexity index is 711. The van der Waals surface area contributed by atoms with Crippen LogP contribution in [0.1, 0.15) is 36.8 Å². The molecule has 4 fully saturated rings. The van der Waals surface area contributed by atoms with Crippen LogP contribution in [0.2, 0.25) is 0 Å². The van der Waals surface area contributed by atoms with Gasteiger partial charge in [-0.25, -0.2) is 4.79 Å². The first kappa shape index (κ1) is 15.2. The Labute approximate surface area is 147 Å². The van der Waals surface area contributed by atoms with Crippen molar-refractivity contribution in [3.05, 3.63) is 35.4 Å². The molecule has 4 aliphatic rings. The molecule has 3 atom stereocenters. The molecule has 2 saturated heterocycles. The van der Waals surface area contributed by atoms with E-state index >= 15 is 0 Å². The fourth-order valence-corrected chi connectivity index (χ4v) is 5.20. The molecule has 2 saturated carbocycles. The van der Waals surface area contributed by atoms with E-state index in [2.05, 4.69) is 41.4 Å². The zero-order valence-electron chi connectivity index (χ0n) is 14.5. The summed E-state index contributed by atoms with van der Waals surface area (Å²) in [6.07, 6.45) is 2.19. The first-order valence-electron chi connectivity index (χ1n) is 9.41. The third-order valence-electron chi connectivity index (χ3n) is 6.75. The minimum absolute atomic E-state index is 0.0572. The van der Waals surface area contributed by atoms with Gasteiger partial charge in [0, 0.05) is 19.0 Å². The van der Waals surface area contributed by atoms with Crippen molar-refractivity contribution in [2.24, 2.45) is 17.8 Å². The molecular formula is C20H24N2O3. The third-order valence-corrected chi connectivity index (χ3v) is 6.75. The molecule has 1 aromatic rings. The summed E-state index contributed by atoms with van der Waals surface area (Å²) >= 11 is 0. The minimum atomic E-state index is -0.342. The lowest BCUT2D eigenvalue weighted by molar-refractivity contribution is -0.140. The molecule has 0 unspecified atom stereocenters. The summed E-state index contributed by atoms with van der Waals surface area (Å²) < 4.78 is 4.99. The number of fused-ring (bicyclic) bond motifs is 1. The minimum Gasteiger partial charge on any atom is -0.447 e.